The summed E-state index contributed by atoms with van der Waals surface area (Å²) < 4.78 is 5.47. The maximum atomic E-state index is 11.8. The molecular weight excluding hydrogens is 254 g/mol. The van der Waals surface area contributed by atoms with E-state index in [-0.39, 0.29) is 24.3 Å². The number of hydrogen-bond acceptors (Lipinski definition) is 3. The van der Waals surface area contributed by atoms with Crippen LogP contribution in [0.25, 0.3) is 0 Å². The Kier molecular flexibility index (Phi) is 5.16. The summed E-state index contributed by atoms with van der Waals surface area (Å²) in [5, 5.41) is 2.99. The van der Waals surface area contributed by atoms with Gasteiger partial charge in [-0.15, -0.1) is 0 Å². The van der Waals surface area contributed by atoms with Crippen molar-refractivity contribution in [1.82, 2.24) is 5.32 Å². The van der Waals surface area contributed by atoms with Crippen molar-refractivity contribution in [3.8, 4) is 5.75 Å². The second-order valence-electron chi connectivity index (χ2n) is 5.24. The maximum Gasteiger partial charge on any atom is 0.258 e. The second-order valence-corrected chi connectivity index (χ2v) is 5.24. The Morgan fingerprint density at radius 3 is 2.60 bits per heavy atom. The number of carbonyl (C=O) groups is 2. The van der Waals surface area contributed by atoms with Gasteiger partial charge < -0.3 is 10.1 Å². The van der Waals surface area contributed by atoms with Crippen LogP contribution < -0.4 is 10.1 Å². The minimum absolute atomic E-state index is 0.0409. The van der Waals surface area contributed by atoms with E-state index in [1.165, 1.54) is 26.2 Å². The van der Waals surface area contributed by atoms with Crippen molar-refractivity contribution < 1.29 is 14.3 Å². The quantitative estimate of drug-likeness (QED) is 0.841. The molecule has 2 rings (SSSR count). The largest absolute Gasteiger partial charge is 0.483 e. The van der Waals surface area contributed by atoms with Crippen LogP contribution in [0.15, 0.2) is 24.3 Å². The lowest BCUT2D eigenvalue weighted by atomic mass is 9.95. The van der Waals surface area contributed by atoms with Gasteiger partial charge in [0.25, 0.3) is 5.91 Å². The summed E-state index contributed by atoms with van der Waals surface area (Å²) >= 11 is 0. The van der Waals surface area contributed by atoms with E-state index >= 15 is 0 Å². The highest BCUT2D eigenvalue weighted by atomic mass is 16.5. The minimum Gasteiger partial charge on any atom is -0.483 e. The lowest BCUT2D eigenvalue weighted by molar-refractivity contribution is -0.124. The molecule has 1 saturated carbocycles. The molecule has 0 aromatic heterocycles. The van der Waals surface area contributed by atoms with Gasteiger partial charge in [-0.05, 0) is 31.9 Å². The number of benzene rings is 1. The predicted octanol–water partition coefficient (Wildman–Crippen LogP) is 2.72. The first kappa shape index (κ1) is 14.6. The number of carbonyl (C=O) groups excluding carboxylic acids is 2. The van der Waals surface area contributed by atoms with Gasteiger partial charge in [-0.25, -0.2) is 0 Å². The molecule has 1 aromatic carbocycles. The molecule has 4 nitrogen and oxygen atoms in total. The average molecular weight is 275 g/mol. The Hall–Kier alpha value is -1.84. The lowest BCUT2D eigenvalue weighted by Crippen LogP contribution is -2.39. The zero-order valence-electron chi connectivity index (χ0n) is 11.9. The molecule has 1 N–H and O–H groups in total. The Bertz CT molecular complexity index is 478. The standard InChI is InChI=1S/C16H21NO3/c1-12(18)14-9-5-6-10-15(14)20-11-16(19)17-13-7-3-2-4-8-13/h5-6,9-10,13H,2-4,7-8,11H2,1H3,(H,17,19). The molecule has 0 aliphatic heterocycles. The van der Waals surface area contributed by atoms with Gasteiger partial charge in [-0.2, -0.15) is 0 Å². The van der Waals surface area contributed by atoms with Crippen LogP contribution >= 0.6 is 0 Å². The van der Waals surface area contributed by atoms with Crippen molar-refractivity contribution in [2.75, 3.05) is 6.61 Å². The molecule has 0 heterocycles. The predicted molar refractivity (Wildman–Crippen MR) is 77.0 cm³/mol. The highest BCUT2D eigenvalue weighted by Crippen LogP contribution is 2.19. The number of Topliss-reactive ketones (excluding diaryl/α,β-unsaturated/α-hetero) is 1. The molecule has 108 valence electrons. The third-order valence-corrected chi connectivity index (χ3v) is 3.60. The average Bonchev–Trinajstić information content (AvgIpc) is 2.46. The van der Waals surface area contributed by atoms with E-state index in [0.717, 1.165) is 12.8 Å². The zero-order valence-corrected chi connectivity index (χ0v) is 11.9. The van der Waals surface area contributed by atoms with E-state index in [0.29, 0.717) is 11.3 Å². The number of nitrogens with one attached hydrogen (secondary N) is 1. The van der Waals surface area contributed by atoms with Crippen LogP contribution in [-0.2, 0) is 4.79 Å². The highest BCUT2D eigenvalue weighted by Gasteiger charge is 2.16. The van der Waals surface area contributed by atoms with Crippen LogP contribution in [0.1, 0.15) is 49.4 Å². The summed E-state index contributed by atoms with van der Waals surface area (Å²) in [5.74, 6) is 0.294. The van der Waals surface area contributed by atoms with E-state index in [9.17, 15) is 9.59 Å². The first-order chi connectivity index (χ1) is 9.66. The van der Waals surface area contributed by atoms with Crippen LogP contribution in [-0.4, -0.2) is 24.3 Å². The van der Waals surface area contributed by atoms with Crippen molar-refractivity contribution in [2.45, 2.75) is 45.1 Å². The number of rotatable bonds is 5. The molecule has 4 heteroatoms. The van der Waals surface area contributed by atoms with Crippen molar-refractivity contribution in [3.05, 3.63) is 29.8 Å². The molecule has 0 atom stereocenters. The third kappa shape index (κ3) is 4.08. The molecular formula is C16H21NO3. The third-order valence-electron chi connectivity index (χ3n) is 3.60. The van der Waals surface area contributed by atoms with Gasteiger partial charge in [-0.3, -0.25) is 9.59 Å². The second kappa shape index (κ2) is 7.08. The summed E-state index contributed by atoms with van der Waals surface area (Å²) in [6, 6.07) is 7.27. The summed E-state index contributed by atoms with van der Waals surface area (Å²) in [6.07, 6.45) is 5.72. The lowest BCUT2D eigenvalue weighted by Gasteiger charge is -2.22. The SMILES string of the molecule is CC(=O)c1ccccc1OCC(=O)NC1CCCCC1. The first-order valence-corrected chi connectivity index (χ1v) is 7.19. The van der Waals surface area contributed by atoms with Crippen molar-refractivity contribution in [3.63, 3.8) is 0 Å². The van der Waals surface area contributed by atoms with Crippen LogP contribution in [0.5, 0.6) is 5.75 Å². The highest BCUT2D eigenvalue weighted by molar-refractivity contribution is 5.96. The van der Waals surface area contributed by atoms with E-state index in [1.807, 2.05) is 0 Å². The monoisotopic (exact) mass is 275 g/mol. The number of hydrogen-bond donors (Lipinski definition) is 1. The Labute approximate surface area is 119 Å². The van der Waals surface area contributed by atoms with Gasteiger partial charge in [0.1, 0.15) is 5.75 Å². The fourth-order valence-electron chi connectivity index (χ4n) is 2.54. The fraction of sp³-hybridized carbons (Fsp3) is 0.500. The number of para-hydroxylation sites is 1. The summed E-state index contributed by atoms with van der Waals surface area (Å²) in [7, 11) is 0. The molecule has 1 amide bonds. The summed E-state index contributed by atoms with van der Waals surface area (Å²) in [6.45, 7) is 1.45. The van der Waals surface area contributed by atoms with Gasteiger partial charge in [0.2, 0.25) is 0 Å². The zero-order chi connectivity index (χ0) is 14.4. The molecule has 1 aliphatic rings. The molecule has 1 fully saturated rings. The molecule has 0 bridgehead atoms. The number of ketones is 1. The Morgan fingerprint density at radius 2 is 1.90 bits per heavy atom. The van der Waals surface area contributed by atoms with Gasteiger partial charge >= 0.3 is 0 Å². The van der Waals surface area contributed by atoms with E-state index in [2.05, 4.69) is 5.32 Å². The molecule has 20 heavy (non-hydrogen) atoms. The van der Waals surface area contributed by atoms with Crippen molar-refractivity contribution in [2.24, 2.45) is 0 Å². The summed E-state index contributed by atoms with van der Waals surface area (Å²) in [4.78, 5) is 23.3. The smallest absolute Gasteiger partial charge is 0.258 e. The van der Waals surface area contributed by atoms with Gasteiger partial charge in [0.05, 0.1) is 5.56 Å². The normalized spacial score (nSPS) is 15.7. The van der Waals surface area contributed by atoms with Crippen LogP contribution in [0.3, 0.4) is 0 Å². The van der Waals surface area contributed by atoms with Crippen molar-refractivity contribution in [1.29, 1.82) is 0 Å². The molecule has 0 spiro atoms. The van der Waals surface area contributed by atoms with Gasteiger partial charge in [0, 0.05) is 6.04 Å². The topological polar surface area (TPSA) is 55.4 Å². The first-order valence-electron chi connectivity index (χ1n) is 7.19. The molecule has 0 unspecified atom stereocenters. The maximum absolute atomic E-state index is 11.8. The van der Waals surface area contributed by atoms with E-state index in [4.69, 9.17) is 4.74 Å². The Balaban J connectivity index is 1.85. The fourth-order valence-corrected chi connectivity index (χ4v) is 2.54. The van der Waals surface area contributed by atoms with Crippen LogP contribution in [0, 0.1) is 0 Å². The Morgan fingerprint density at radius 1 is 1.20 bits per heavy atom. The van der Waals surface area contributed by atoms with E-state index in [1.54, 1.807) is 24.3 Å². The number of amides is 1. The molecule has 1 aromatic rings. The van der Waals surface area contributed by atoms with Crippen molar-refractivity contribution >= 4 is 11.7 Å². The minimum atomic E-state index is -0.116. The summed E-state index contributed by atoms with van der Waals surface area (Å²) in [5.41, 5.74) is 0.512. The molecule has 0 saturated heterocycles. The van der Waals surface area contributed by atoms with Crippen LogP contribution in [0.2, 0.25) is 0 Å². The molecule has 0 radical (unpaired) electrons. The number of ether oxygens (including phenoxy) is 1. The van der Waals surface area contributed by atoms with Gasteiger partial charge in [-0.1, -0.05) is 31.4 Å². The van der Waals surface area contributed by atoms with Crippen LogP contribution in [0.4, 0.5) is 0 Å². The van der Waals surface area contributed by atoms with E-state index < -0.39 is 0 Å². The van der Waals surface area contributed by atoms with Gasteiger partial charge in [0.15, 0.2) is 12.4 Å². The molecule has 1 aliphatic carbocycles.